The number of nitrogens with zero attached hydrogens (tertiary/aromatic N) is 3. The van der Waals surface area contributed by atoms with Gasteiger partial charge < -0.3 is 10.1 Å². The zero-order valence-electron chi connectivity index (χ0n) is 17.8. The molecule has 0 aliphatic carbocycles. The molecule has 2 aromatic carbocycles. The number of anilines is 1. The minimum absolute atomic E-state index is 0.150. The Balaban J connectivity index is 1.86. The summed E-state index contributed by atoms with van der Waals surface area (Å²) >= 11 is 3.39. The van der Waals surface area contributed by atoms with Gasteiger partial charge in [-0.2, -0.15) is 9.78 Å². The smallest absolute Gasteiger partial charge is 0.343 e. The number of esters is 1. The van der Waals surface area contributed by atoms with Crippen molar-refractivity contribution in [3.05, 3.63) is 81.5 Å². The van der Waals surface area contributed by atoms with Crippen LogP contribution in [0.2, 0.25) is 0 Å². The van der Waals surface area contributed by atoms with Crippen LogP contribution in [0.1, 0.15) is 38.8 Å². The van der Waals surface area contributed by atoms with E-state index in [0.29, 0.717) is 15.9 Å². The van der Waals surface area contributed by atoms with Gasteiger partial charge >= 0.3 is 5.97 Å². The number of hydrogen-bond acceptors (Lipinski definition) is 5. The maximum Gasteiger partial charge on any atom is 0.343 e. The molecule has 0 fully saturated rings. The van der Waals surface area contributed by atoms with E-state index in [9.17, 15) is 9.59 Å². The molecule has 8 heteroatoms. The fourth-order valence-corrected chi connectivity index (χ4v) is 3.94. The Morgan fingerprint density at radius 1 is 1.06 bits per heavy atom. The van der Waals surface area contributed by atoms with Gasteiger partial charge in [-0.3, -0.25) is 4.79 Å². The monoisotopic (exact) mass is 492 g/mol. The number of hydrogen-bond donors (Lipinski definition) is 1. The Morgan fingerprint density at radius 2 is 1.84 bits per heavy atom. The van der Waals surface area contributed by atoms with Crippen molar-refractivity contribution in [3.63, 3.8) is 0 Å². The van der Waals surface area contributed by atoms with Gasteiger partial charge in [0.15, 0.2) is 11.6 Å². The summed E-state index contributed by atoms with van der Waals surface area (Å²) < 4.78 is 7.26. The average molecular weight is 493 g/mol. The van der Waals surface area contributed by atoms with Crippen LogP contribution in [0.5, 0.6) is 0 Å². The molecule has 4 aromatic rings. The predicted octanol–water partition coefficient (Wildman–Crippen LogP) is 5.23. The molecule has 0 atom stereocenters. The second-order valence-electron chi connectivity index (χ2n) is 7.24. The van der Waals surface area contributed by atoms with Crippen LogP contribution in [0.4, 0.5) is 5.82 Å². The molecule has 7 nitrogen and oxygen atoms in total. The molecule has 0 aliphatic rings. The molecule has 0 saturated heterocycles. The van der Waals surface area contributed by atoms with Gasteiger partial charge in [0.05, 0.1) is 23.9 Å². The Bertz CT molecular complexity index is 1350. The van der Waals surface area contributed by atoms with Crippen molar-refractivity contribution in [3.8, 4) is 5.82 Å². The number of halogens is 1. The molecule has 2 heterocycles. The summed E-state index contributed by atoms with van der Waals surface area (Å²) in [6.07, 6.45) is 1.38. The molecule has 0 aliphatic heterocycles. The molecule has 1 N–H and O–H groups in total. The summed E-state index contributed by atoms with van der Waals surface area (Å²) in [5.74, 6) is -0.278. The standard InChI is InChI=1S/C24H21BrN4O3/c1-4-32-24(31)18-13-26-29(22(18)28-23(30)17-9-5-6-11-19(17)25)20-12-15(3)16-10-7-8-14(2)21(16)27-20/h5-13H,4H2,1-3H3,(H,28,30). The van der Waals surface area contributed by atoms with Gasteiger partial charge in [0, 0.05) is 9.86 Å². The van der Waals surface area contributed by atoms with E-state index in [1.165, 1.54) is 10.9 Å². The number of ether oxygens (including phenoxy) is 1. The fraction of sp³-hybridized carbons (Fsp3) is 0.167. The molecule has 0 bridgehead atoms. The van der Waals surface area contributed by atoms with Crippen molar-refractivity contribution in [2.75, 3.05) is 11.9 Å². The van der Waals surface area contributed by atoms with Gasteiger partial charge in [0.2, 0.25) is 0 Å². The maximum atomic E-state index is 13.0. The molecule has 0 spiro atoms. The Kier molecular flexibility index (Phi) is 6.05. The average Bonchev–Trinajstić information content (AvgIpc) is 3.18. The maximum absolute atomic E-state index is 13.0. The van der Waals surface area contributed by atoms with Crippen molar-refractivity contribution < 1.29 is 14.3 Å². The fourth-order valence-electron chi connectivity index (χ4n) is 3.47. The number of rotatable bonds is 5. The van der Waals surface area contributed by atoms with Crippen LogP contribution < -0.4 is 5.32 Å². The first-order valence-electron chi connectivity index (χ1n) is 10.1. The normalized spacial score (nSPS) is 10.9. The van der Waals surface area contributed by atoms with Crippen LogP contribution in [0.3, 0.4) is 0 Å². The van der Waals surface area contributed by atoms with Crippen LogP contribution in [-0.2, 0) is 4.74 Å². The Hall–Kier alpha value is -3.52. The number of fused-ring (bicyclic) bond motifs is 1. The van der Waals surface area contributed by atoms with E-state index in [-0.39, 0.29) is 18.0 Å². The van der Waals surface area contributed by atoms with Crippen LogP contribution in [0, 0.1) is 13.8 Å². The van der Waals surface area contributed by atoms with Crippen molar-refractivity contribution in [1.82, 2.24) is 14.8 Å². The summed E-state index contributed by atoms with van der Waals surface area (Å²) in [7, 11) is 0. The van der Waals surface area contributed by atoms with E-state index in [1.54, 1.807) is 25.1 Å². The first-order chi connectivity index (χ1) is 15.4. The molecule has 0 unspecified atom stereocenters. The van der Waals surface area contributed by atoms with Crippen LogP contribution >= 0.6 is 15.9 Å². The quantitative estimate of drug-likeness (QED) is 0.385. The highest BCUT2D eigenvalue weighted by Gasteiger charge is 2.23. The minimum atomic E-state index is -0.574. The molecular formula is C24H21BrN4O3. The lowest BCUT2D eigenvalue weighted by molar-refractivity contribution is 0.0527. The summed E-state index contributed by atoms with van der Waals surface area (Å²) in [5.41, 5.74) is 3.43. The number of aryl methyl sites for hydroxylation is 2. The summed E-state index contributed by atoms with van der Waals surface area (Å²) in [6.45, 7) is 5.90. The predicted molar refractivity (Wildman–Crippen MR) is 126 cm³/mol. The molecule has 2 aromatic heterocycles. The second kappa shape index (κ2) is 8.92. The SMILES string of the molecule is CCOC(=O)c1cnn(-c2cc(C)c3cccc(C)c3n2)c1NC(=O)c1ccccc1Br. The highest BCUT2D eigenvalue weighted by atomic mass is 79.9. The van der Waals surface area contributed by atoms with Gasteiger partial charge in [0.25, 0.3) is 5.91 Å². The molecule has 0 saturated carbocycles. The molecule has 4 rings (SSSR count). The molecular weight excluding hydrogens is 472 g/mol. The molecule has 1 amide bonds. The Labute approximate surface area is 193 Å². The topological polar surface area (TPSA) is 86.1 Å². The van der Waals surface area contributed by atoms with E-state index in [4.69, 9.17) is 9.72 Å². The summed E-state index contributed by atoms with van der Waals surface area (Å²) in [5, 5.41) is 8.22. The second-order valence-corrected chi connectivity index (χ2v) is 8.10. The Morgan fingerprint density at radius 3 is 2.59 bits per heavy atom. The number of carbonyl (C=O) groups is 2. The van der Waals surface area contributed by atoms with Gasteiger partial charge in [0.1, 0.15) is 5.56 Å². The van der Waals surface area contributed by atoms with Crippen LogP contribution in [0.25, 0.3) is 16.7 Å². The lowest BCUT2D eigenvalue weighted by Crippen LogP contribution is -2.19. The zero-order chi connectivity index (χ0) is 22.8. The van der Waals surface area contributed by atoms with Gasteiger partial charge in [-0.1, -0.05) is 30.3 Å². The zero-order valence-corrected chi connectivity index (χ0v) is 19.4. The third-order valence-electron chi connectivity index (χ3n) is 5.07. The van der Waals surface area contributed by atoms with Crippen molar-refractivity contribution >= 4 is 44.5 Å². The number of carbonyl (C=O) groups excluding carboxylic acids is 2. The van der Waals surface area contributed by atoms with E-state index >= 15 is 0 Å². The van der Waals surface area contributed by atoms with Crippen molar-refractivity contribution in [2.45, 2.75) is 20.8 Å². The van der Waals surface area contributed by atoms with Gasteiger partial charge in [-0.25, -0.2) is 9.78 Å². The first-order valence-corrected chi connectivity index (χ1v) is 10.9. The highest BCUT2D eigenvalue weighted by Crippen LogP contribution is 2.27. The van der Waals surface area contributed by atoms with Gasteiger partial charge in [-0.15, -0.1) is 0 Å². The third-order valence-corrected chi connectivity index (χ3v) is 5.76. The lowest BCUT2D eigenvalue weighted by atomic mass is 10.1. The van der Waals surface area contributed by atoms with E-state index in [0.717, 1.165) is 22.0 Å². The van der Waals surface area contributed by atoms with Crippen LogP contribution in [0.15, 0.2) is 59.2 Å². The number of benzene rings is 2. The number of para-hydroxylation sites is 1. The van der Waals surface area contributed by atoms with Gasteiger partial charge in [-0.05, 0) is 66.0 Å². The number of aromatic nitrogens is 3. The molecule has 162 valence electrons. The number of pyridine rings is 1. The van der Waals surface area contributed by atoms with E-state index in [2.05, 4.69) is 26.3 Å². The summed E-state index contributed by atoms with van der Waals surface area (Å²) in [6, 6.07) is 14.9. The van der Waals surface area contributed by atoms with E-state index < -0.39 is 11.9 Å². The van der Waals surface area contributed by atoms with Crippen molar-refractivity contribution in [2.24, 2.45) is 0 Å². The third kappa shape index (κ3) is 4.01. The highest BCUT2D eigenvalue weighted by molar-refractivity contribution is 9.10. The summed E-state index contributed by atoms with van der Waals surface area (Å²) in [4.78, 5) is 30.4. The molecule has 32 heavy (non-hydrogen) atoms. The lowest BCUT2D eigenvalue weighted by Gasteiger charge is -2.13. The number of nitrogens with one attached hydrogen (secondary N) is 1. The van der Waals surface area contributed by atoms with Crippen LogP contribution in [-0.4, -0.2) is 33.2 Å². The largest absolute Gasteiger partial charge is 0.462 e. The van der Waals surface area contributed by atoms with E-state index in [1.807, 2.05) is 44.2 Å². The number of amides is 1. The van der Waals surface area contributed by atoms with Crippen molar-refractivity contribution in [1.29, 1.82) is 0 Å². The molecule has 0 radical (unpaired) electrons. The first kappa shape index (κ1) is 21.7. The minimum Gasteiger partial charge on any atom is -0.462 e.